The third-order valence-electron chi connectivity index (χ3n) is 5.42. The van der Waals surface area contributed by atoms with Crippen LogP contribution in [0.1, 0.15) is 6.42 Å². The molecule has 0 aromatic heterocycles. The zero-order valence-electron chi connectivity index (χ0n) is 16.4. The average Bonchev–Trinajstić information content (AvgIpc) is 2.78. The lowest BCUT2D eigenvalue weighted by molar-refractivity contribution is -0.384. The Kier molecular flexibility index (Phi) is 5.89. The lowest BCUT2D eigenvalue weighted by atomic mass is 10.2. The number of anilines is 2. The van der Waals surface area contributed by atoms with Gasteiger partial charge in [0, 0.05) is 61.9 Å². The minimum absolute atomic E-state index is 0.0366. The Hall–Kier alpha value is -3.07. The number of hydrogen-bond donors (Lipinski definition) is 0. The maximum atomic E-state index is 12.7. The highest BCUT2D eigenvalue weighted by Gasteiger charge is 2.27. The number of nitro groups is 1. The van der Waals surface area contributed by atoms with E-state index in [1.807, 2.05) is 29.2 Å². The molecule has 2 heterocycles. The second kappa shape index (κ2) is 8.74. The molecule has 8 nitrogen and oxygen atoms in total. The lowest BCUT2D eigenvalue weighted by Gasteiger charge is -2.36. The Morgan fingerprint density at radius 2 is 1.73 bits per heavy atom. The van der Waals surface area contributed by atoms with Gasteiger partial charge in [-0.3, -0.25) is 19.7 Å². The van der Waals surface area contributed by atoms with Crippen LogP contribution in [0.3, 0.4) is 0 Å². The number of para-hydroxylation sites is 1. The number of fused-ring (bicyclic) bond motifs is 1. The molecule has 156 valence electrons. The summed E-state index contributed by atoms with van der Waals surface area (Å²) < 4.78 is 0. The van der Waals surface area contributed by atoms with Gasteiger partial charge in [-0.1, -0.05) is 12.1 Å². The number of benzene rings is 2. The van der Waals surface area contributed by atoms with Crippen molar-refractivity contribution in [3.63, 3.8) is 0 Å². The number of non-ortho nitro benzene ring substituents is 1. The number of amides is 2. The predicted molar refractivity (Wildman–Crippen MR) is 116 cm³/mol. The summed E-state index contributed by atoms with van der Waals surface area (Å²) >= 11 is 1.53. The third kappa shape index (κ3) is 4.25. The molecule has 2 amide bonds. The van der Waals surface area contributed by atoms with E-state index >= 15 is 0 Å². The molecule has 4 rings (SSSR count). The highest BCUT2D eigenvalue weighted by Crippen LogP contribution is 2.35. The molecular weight excluding hydrogens is 404 g/mol. The fourth-order valence-corrected chi connectivity index (χ4v) is 4.70. The van der Waals surface area contributed by atoms with E-state index in [9.17, 15) is 19.7 Å². The topological polar surface area (TPSA) is 87.0 Å². The summed E-state index contributed by atoms with van der Waals surface area (Å²) in [6.07, 6.45) is 0.294. The van der Waals surface area contributed by atoms with E-state index < -0.39 is 4.92 Å². The fourth-order valence-electron chi connectivity index (χ4n) is 3.76. The van der Waals surface area contributed by atoms with Gasteiger partial charge in [-0.2, -0.15) is 0 Å². The number of nitrogens with zero attached hydrogens (tertiary/aromatic N) is 4. The molecule has 2 aromatic carbocycles. The van der Waals surface area contributed by atoms with Crippen LogP contribution in [0.25, 0.3) is 0 Å². The van der Waals surface area contributed by atoms with Gasteiger partial charge in [0.05, 0.1) is 16.4 Å². The van der Waals surface area contributed by atoms with E-state index in [0.29, 0.717) is 44.9 Å². The molecule has 0 aliphatic carbocycles. The van der Waals surface area contributed by atoms with Crippen LogP contribution < -0.4 is 9.80 Å². The zero-order chi connectivity index (χ0) is 21.1. The zero-order valence-corrected chi connectivity index (χ0v) is 17.2. The summed E-state index contributed by atoms with van der Waals surface area (Å²) in [6, 6.07) is 14.3. The molecule has 30 heavy (non-hydrogen) atoms. The third-order valence-corrected chi connectivity index (χ3v) is 6.46. The van der Waals surface area contributed by atoms with Crippen LogP contribution in [0.2, 0.25) is 0 Å². The molecule has 2 aromatic rings. The molecule has 0 radical (unpaired) electrons. The van der Waals surface area contributed by atoms with Crippen LogP contribution >= 0.6 is 11.8 Å². The van der Waals surface area contributed by atoms with Gasteiger partial charge in [0.1, 0.15) is 0 Å². The van der Waals surface area contributed by atoms with Gasteiger partial charge in [0.15, 0.2) is 0 Å². The van der Waals surface area contributed by atoms with E-state index in [-0.39, 0.29) is 17.5 Å². The lowest BCUT2D eigenvalue weighted by Crippen LogP contribution is -2.49. The van der Waals surface area contributed by atoms with Gasteiger partial charge >= 0.3 is 0 Å². The molecule has 2 aliphatic heterocycles. The van der Waals surface area contributed by atoms with Gasteiger partial charge in [0.25, 0.3) is 5.69 Å². The molecule has 0 N–H and O–H groups in total. The maximum absolute atomic E-state index is 12.7. The Morgan fingerprint density at radius 1 is 1.03 bits per heavy atom. The van der Waals surface area contributed by atoms with Gasteiger partial charge in [-0.05, 0) is 24.3 Å². The minimum Gasteiger partial charge on any atom is -0.368 e. The number of carbonyl (C=O) groups excluding carboxylic acids is 2. The Bertz CT molecular complexity index is 958. The smallest absolute Gasteiger partial charge is 0.269 e. The standard InChI is InChI=1S/C21H22N4O4S/c26-20(9-10-24-18-3-1-2-4-19(18)30-15-21(24)27)23-13-11-22(12-14-23)16-5-7-17(8-6-16)25(28)29/h1-8H,9-15H2. The van der Waals surface area contributed by atoms with Crippen molar-refractivity contribution in [2.45, 2.75) is 11.3 Å². The Balaban J connectivity index is 1.31. The number of thioether (sulfide) groups is 1. The van der Waals surface area contributed by atoms with Crippen molar-refractivity contribution in [3.8, 4) is 0 Å². The maximum Gasteiger partial charge on any atom is 0.269 e. The first-order valence-corrected chi connectivity index (χ1v) is 10.8. The predicted octanol–water partition coefficient (Wildman–Crippen LogP) is 2.77. The normalized spacial score (nSPS) is 16.4. The first kappa shape index (κ1) is 20.2. The van der Waals surface area contributed by atoms with E-state index in [2.05, 4.69) is 4.90 Å². The molecule has 1 saturated heterocycles. The Labute approximate surface area is 178 Å². The van der Waals surface area contributed by atoms with Gasteiger partial charge in [-0.15, -0.1) is 11.8 Å². The summed E-state index contributed by atoms with van der Waals surface area (Å²) in [4.78, 5) is 42.2. The molecule has 0 saturated carbocycles. The molecule has 0 unspecified atom stereocenters. The SMILES string of the molecule is O=C(CCN1C(=O)CSc2ccccc21)N1CCN(c2ccc([N+](=O)[O-])cc2)CC1. The summed E-state index contributed by atoms with van der Waals surface area (Å²) in [5, 5.41) is 10.8. The fraction of sp³-hybridized carbons (Fsp3) is 0.333. The average molecular weight is 426 g/mol. The monoisotopic (exact) mass is 426 g/mol. The van der Waals surface area contributed by atoms with Crippen LogP contribution in [0.5, 0.6) is 0 Å². The molecule has 2 aliphatic rings. The van der Waals surface area contributed by atoms with E-state index in [1.54, 1.807) is 17.0 Å². The molecule has 9 heteroatoms. The van der Waals surface area contributed by atoms with Crippen molar-refractivity contribution in [1.82, 2.24) is 4.90 Å². The quantitative estimate of drug-likeness (QED) is 0.540. The van der Waals surface area contributed by atoms with Crippen molar-refractivity contribution in [2.24, 2.45) is 0 Å². The highest BCUT2D eigenvalue weighted by atomic mass is 32.2. The molecule has 0 bridgehead atoms. The second-order valence-corrected chi connectivity index (χ2v) is 8.21. The molecular formula is C21H22N4O4S. The minimum atomic E-state index is -0.412. The number of nitro benzene ring substituents is 1. The summed E-state index contributed by atoms with van der Waals surface area (Å²) in [5.41, 5.74) is 1.87. The first-order valence-electron chi connectivity index (χ1n) is 9.82. The van der Waals surface area contributed by atoms with Crippen molar-refractivity contribution in [3.05, 3.63) is 58.6 Å². The van der Waals surface area contributed by atoms with Crippen LogP contribution in [-0.2, 0) is 9.59 Å². The summed E-state index contributed by atoms with van der Waals surface area (Å²) in [5.74, 6) is 0.482. The number of hydrogen-bond acceptors (Lipinski definition) is 6. The van der Waals surface area contributed by atoms with Crippen LogP contribution in [0, 0.1) is 10.1 Å². The first-order chi connectivity index (χ1) is 14.5. The van der Waals surface area contributed by atoms with Crippen LogP contribution in [0.4, 0.5) is 17.1 Å². The summed E-state index contributed by atoms with van der Waals surface area (Å²) in [6.45, 7) is 2.92. The van der Waals surface area contributed by atoms with E-state index in [4.69, 9.17) is 0 Å². The van der Waals surface area contributed by atoms with Crippen molar-refractivity contribution in [1.29, 1.82) is 0 Å². The van der Waals surface area contributed by atoms with E-state index in [0.717, 1.165) is 16.3 Å². The van der Waals surface area contributed by atoms with Crippen LogP contribution in [0.15, 0.2) is 53.4 Å². The van der Waals surface area contributed by atoms with Crippen LogP contribution in [-0.4, -0.2) is 60.1 Å². The van der Waals surface area contributed by atoms with E-state index in [1.165, 1.54) is 23.9 Å². The van der Waals surface area contributed by atoms with Crippen molar-refractivity contribution in [2.75, 3.05) is 48.3 Å². The number of carbonyl (C=O) groups is 2. The van der Waals surface area contributed by atoms with Crippen molar-refractivity contribution >= 4 is 40.6 Å². The van der Waals surface area contributed by atoms with Crippen molar-refractivity contribution < 1.29 is 14.5 Å². The van der Waals surface area contributed by atoms with Gasteiger partial charge < -0.3 is 14.7 Å². The summed E-state index contributed by atoms with van der Waals surface area (Å²) in [7, 11) is 0. The van der Waals surface area contributed by atoms with Gasteiger partial charge in [-0.25, -0.2) is 0 Å². The highest BCUT2D eigenvalue weighted by molar-refractivity contribution is 8.00. The largest absolute Gasteiger partial charge is 0.368 e. The Morgan fingerprint density at radius 3 is 2.43 bits per heavy atom. The number of piperazine rings is 1. The molecule has 0 spiro atoms. The number of rotatable bonds is 5. The molecule has 0 atom stereocenters. The molecule has 1 fully saturated rings. The second-order valence-electron chi connectivity index (χ2n) is 7.19. The van der Waals surface area contributed by atoms with Gasteiger partial charge in [0.2, 0.25) is 11.8 Å².